The summed E-state index contributed by atoms with van der Waals surface area (Å²) in [6.07, 6.45) is 7.43. The Balaban J connectivity index is 2.64. The van der Waals surface area contributed by atoms with Crippen LogP contribution < -0.4 is 10.3 Å². The molecule has 0 aliphatic rings. The van der Waals surface area contributed by atoms with Gasteiger partial charge >= 0.3 is 5.97 Å². The van der Waals surface area contributed by atoms with Crippen LogP contribution >= 0.6 is 0 Å². The van der Waals surface area contributed by atoms with Gasteiger partial charge in [0.1, 0.15) is 6.04 Å². The molecule has 5 nitrogen and oxygen atoms in total. The van der Waals surface area contributed by atoms with Crippen molar-refractivity contribution in [1.82, 2.24) is 4.57 Å². The normalized spacial score (nSPS) is 12.1. The Kier molecular flexibility index (Phi) is 7.58. The van der Waals surface area contributed by atoms with Crippen molar-refractivity contribution in [3.63, 3.8) is 0 Å². The third-order valence-corrected chi connectivity index (χ3v) is 3.45. The van der Waals surface area contributed by atoms with E-state index in [4.69, 9.17) is 9.84 Å². The number of hydrogen-bond donors (Lipinski definition) is 1. The second-order valence-electron chi connectivity index (χ2n) is 5.11. The lowest BCUT2D eigenvalue weighted by atomic mass is 10.2. The van der Waals surface area contributed by atoms with Crippen LogP contribution in [0.25, 0.3) is 0 Å². The monoisotopic (exact) mass is 295 g/mol. The van der Waals surface area contributed by atoms with Crippen LogP contribution in [0.3, 0.4) is 0 Å². The van der Waals surface area contributed by atoms with Crippen LogP contribution in [0.4, 0.5) is 0 Å². The van der Waals surface area contributed by atoms with Gasteiger partial charge in [0, 0.05) is 6.20 Å². The predicted molar refractivity (Wildman–Crippen MR) is 81.9 cm³/mol. The molecule has 1 rings (SSSR count). The van der Waals surface area contributed by atoms with Gasteiger partial charge in [-0.05, 0) is 25.0 Å². The van der Waals surface area contributed by atoms with Crippen molar-refractivity contribution >= 4 is 5.97 Å². The second-order valence-corrected chi connectivity index (χ2v) is 5.11. The Morgan fingerprint density at radius 1 is 1.29 bits per heavy atom. The quantitative estimate of drug-likeness (QED) is 0.673. The van der Waals surface area contributed by atoms with E-state index in [-0.39, 0.29) is 11.3 Å². The fourth-order valence-electron chi connectivity index (χ4n) is 2.22. The second kappa shape index (κ2) is 9.21. The molecule has 1 aromatic rings. The number of carbonyl (C=O) groups is 1. The van der Waals surface area contributed by atoms with E-state index in [2.05, 4.69) is 6.92 Å². The molecule has 0 bridgehead atoms. The Labute approximate surface area is 125 Å². The average molecular weight is 295 g/mol. The van der Waals surface area contributed by atoms with Gasteiger partial charge in [-0.1, -0.05) is 39.5 Å². The fraction of sp³-hybridized carbons (Fsp3) is 0.625. The zero-order valence-corrected chi connectivity index (χ0v) is 12.9. The first-order valence-electron chi connectivity index (χ1n) is 7.68. The molecule has 0 radical (unpaired) electrons. The smallest absolute Gasteiger partial charge is 0.326 e. The molecule has 0 spiro atoms. The van der Waals surface area contributed by atoms with E-state index in [0.717, 1.165) is 12.8 Å². The molecule has 1 N–H and O–H groups in total. The molecule has 0 amide bonds. The van der Waals surface area contributed by atoms with Gasteiger partial charge in [0.25, 0.3) is 5.56 Å². The number of hydrogen-bond acceptors (Lipinski definition) is 3. The topological polar surface area (TPSA) is 68.5 Å². The zero-order chi connectivity index (χ0) is 15.7. The third kappa shape index (κ3) is 5.25. The van der Waals surface area contributed by atoms with Crippen molar-refractivity contribution in [3.8, 4) is 5.75 Å². The first-order chi connectivity index (χ1) is 10.1. The fourth-order valence-corrected chi connectivity index (χ4v) is 2.22. The van der Waals surface area contributed by atoms with E-state index < -0.39 is 12.0 Å². The summed E-state index contributed by atoms with van der Waals surface area (Å²) in [5.74, 6) is -0.774. The Hall–Kier alpha value is -1.78. The maximum atomic E-state index is 12.2. The molecule has 0 saturated carbocycles. The average Bonchev–Trinajstić information content (AvgIpc) is 2.46. The minimum absolute atomic E-state index is 0.229. The molecule has 0 aliphatic heterocycles. The van der Waals surface area contributed by atoms with E-state index in [1.807, 2.05) is 0 Å². The summed E-state index contributed by atoms with van der Waals surface area (Å²) in [7, 11) is 0. The van der Waals surface area contributed by atoms with E-state index in [0.29, 0.717) is 13.0 Å². The van der Waals surface area contributed by atoms with Gasteiger partial charge in [-0.25, -0.2) is 4.79 Å². The molecule has 0 aromatic carbocycles. The molecule has 5 heteroatoms. The Morgan fingerprint density at radius 2 is 2.00 bits per heavy atom. The number of ether oxygens (including phenoxy) is 1. The van der Waals surface area contributed by atoms with Crippen molar-refractivity contribution in [2.24, 2.45) is 0 Å². The number of pyridine rings is 1. The first kappa shape index (κ1) is 17.3. The molecule has 1 aromatic heterocycles. The van der Waals surface area contributed by atoms with Crippen molar-refractivity contribution in [2.75, 3.05) is 6.61 Å². The maximum Gasteiger partial charge on any atom is 0.326 e. The molecular formula is C16H25NO4. The van der Waals surface area contributed by atoms with Gasteiger partial charge in [-0.15, -0.1) is 0 Å². The lowest BCUT2D eigenvalue weighted by Gasteiger charge is -2.14. The van der Waals surface area contributed by atoms with Gasteiger partial charge in [-0.2, -0.15) is 0 Å². The zero-order valence-electron chi connectivity index (χ0n) is 12.9. The number of rotatable bonds is 10. The maximum absolute atomic E-state index is 12.2. The number of carboxylic acid groups (broad SMARTS) is 1. The summed E-state index contributed by atoms with van der Waals surface area (Å²) in [6, 6.07) is 2.41. The number of nitrogens with zero attached hydrogens (tertiary/aromatic N) is 1. The van der Waals surface area contributed by atoms with Crippen molar-refractivity contribution in [1.29, 1.82) is 0 Å². The summed E-state index contributed by atoms with van der Waals surface area (Å²) >= 11 is 0. The van der Waals surface area contributed by atoms with Crippen LogP contribution in [0.15, 0.2) is 23.1 Å². The summed E-state index contributed by atoms with van der Waals surface area (Å²) in [5, 5.41) is 9.14. The molecule has 1 atom stereocenters. The largest absolute Gasteiger partial charge is 0.488 e. The minimum Gasteiger partial charge on any atom is -0.488 e. The van der Waals surface area contributed by atoms with E-state index in [1.165, 1.54) is 30.0 Å². The number of unbranched alkanes of at least 4 members (excludes halogenated alkanes) is 4. The highest BCUT2D eigenvalue weighted by Gasteiger charge is 2.19. The van der Waals surface area contributed by atoms with E-state index in [1.54, 1.807) is 19.1 Å². The van der Waals surface area contributed by atoms with Crippen molar-refractivity contribution in [2.45, 2.75) is 58.4 Å². The standard InChI is InChI=1S/C16H25NO4/c1-3-5-6-7-8-12-21-14-10-9-11-17(15(14)18)13(4-2)16(19)20/h9-11,13H,3-8,12H2,1-2H3,(H,19,20). The summed E-state index contributed by atoms with van der Waals surface area (Å²) in [6.45, 7) is 4.40. The SMILES string of the molecule is CCCCCCCOc1cccn(C(CC)C(=O)O)c1=O. The summed E-state index contributed by atoms with van der Waals surface area (Å²) in [4.78, 5) is 23.4. The molecule has 1 heterocycles. The van der Waals surface area contributed by atoms with Crippen molar-refractivity contribution in [3.05, 3.63) is 28.7 Å². The Morgan fingerprint density at radius 3 is 2.62 bits per heavy atom. The third-order valence-electron chi connectivity index (χ3n) is 3.45. The number of aliphatic carboxylic acids is 1. The van der Waals surface area contributed by atoms with E-state index >= 15 is 0 Å². The Bertz CT molecular complexity index is 495. The molecule has 1 unspecified atom stereocenters. The highest BCUT2D eigenvalue weighted by molar-refractivity contribution is 5.71. The van der Waals surface area contributed by atoms with Crippen LogP contribution in [0.5, 0.6) is 5.75 Å². The lowest BCUT2D eigenvalue weighted by molar-refractivity contribution is -0.141. The highest BCUT2D eigenvalue weighted by Crippen LogP contribution is 2.12. The molecule has 21 heavy (non-hydrogen) atoms. The first-order valence-corrected chi connectivity index (χ1v) is 7.68. The number of aromatic nitrogens is 1. The van der Waals surface area contributed by atoms with Gasteiger partial charge in [0.2, 0.25) is 0 Å². The highest BCUT2D eigenvalue weighted by atomic mass is 16.5. The summed E-state index contributed by atoms with van der Waals surface area (Å²) in [5.41, 5.74) is -0.375. The minimum atomic E-state index is -1.00. The molecule has 118 valence electrons. The predicted octanol–water partition coefficient (Wildman–Crippen LogP) is 3.23. The van der Waals surface area contributed by atoms with Gasteiger partial charge in [-0.3, -0.25) is 9.36 Å². The van der Waals surface area contributed by atoms with Crippen LogP contribution in [-0.4, -0.2) is 22.2 Å². The molecular weight excluding hydrogens is 270 g/mol. The van der Waals surface area contributed by atoms with Crippen LogP contribution in [0.2, 0.25) is 0 Å². The van der Waals surface area contributed by atoms with Gasteiger partial charge in [0.15, 0.2) is 5.75 Å². The summed E-state index contributed by atoms with van der Waals surface area (Å²) < 4.78 is 6.74. The molecule has 0 aliphatic carbocycles. The number of carboxylic acids is 1. The van der Waals surface area contributed by atoms with Crippen LogP contribution in [0.1, 0.15) is 58.4 Å². The molecule has 0 fully saturated rings. The van der Waals surface area contributed by atoms with Gasteiger partial charge in [0.05, 0.1) is 6.61 Å². The lowest BCUT2D eigenvalue weighted by Crippen LogP contribution is -2.29. The van der Waals surface area contributed by atoms with Crippen molar-refractivity contribution < 1.29 is 14.6 Å². The van der Waals surface area contributed by atoms with Crippen LogP contribution in [0, 0.1) is 0 Å². The van der Waals surface area contributed by atoms with Crippen LogP contribution in [-0.2, 0) is 4.79 Å². The molecule has 0 saturated heterocycles. The van der Waals surface area contributed by atoms with E-state index in [9.17, 15) is 9.59 Å². The van der Waals surface area contributed by atoms with Gasteiger partial charge < -0.3 is 9.84 Å².